The molecule has 1 N–H and O–H groups in total. The second-order valence-electron chi connectivity index (χ2n) is 6.64. The molecule has 5 nitrogen and oxygen atoms in total. The molecule has 1 heterocycles. The van der Waals surface area contributed by atoms with Crippen LogP contribution in [0.15, 0.2) is 30.3 Å². The lowest BCUT2D eigenvalue weighted by Crippen LogP contribution is -2.28. The molecule has 0 bridgehead atoms. The van der Waals surface area contributed by atoms with E-state index < -0.39 is 0 Å². The number of hydrogen-bond donors (Lipinski definition) is 1. The Morgan fingerprint density at radius 2 is 1.96 bits per heavy atom. The normalized spacial score (nSPS) is 13.8. The van der Waals surface area contributed by atoms with Crippen LogP contribution >= 0.6 is 0 Å². The molecule has 3 rings (SSSR count). The average molecular weight is 326 g/mol. The molecule has 0 atom stereocenters. The van der Waals surface area contributed by atoms with E-state index in [-0.39, 0.29) is 5.91 Å². The van der Waals surface area contributed by atoms with Gasteiger partial charge in [0.1, 0.15) is 0 Å². The summed E-state index contributed by atoms with van der Waals surface area (Å²) in [6, 6.07) is 10.1. The largest absolute Gasteiger partial charge is 0.351 e. The monoisotopic (exact) mass is 326 g/mol. The van der Waals surface area contributed by atoms with Crippen molar-refractivity contribution in [2.45, 2.75) is 32.1 Å². The van der Waals surface area contributed by atoms with Crippen molar-refractivity contribution in [3.8, 4) is 5.69 Å². The van der Waals surface area contributed by atoms with Gasteiger partial charge in [0.05, 0.1) is 5.69 Å². The maximum absolute atomic E-state index is 12.6. The first-order valence-electron chi connectivity index (χ1n) is 8.76. The van der Waals surface area contributed by atoms with Crippen LogP contribution in [0, 0.1) is 0 Å². The smallest absolute Gasteiger partial charge is 0.272 e. The number of fused-ring (bicyclic) bond motifs is 1. The molecule has 1 aliphatic rings. The Kier molecular flexibility index (Phi) is 5.30. The zero-order valence-electron chi connectivity index (χ0n) is 14.6. The number of benzene rings is 1. The van der Waals surface area contributed by atoms with E-state index in [2.05, 4.69) is 15.3 Å². The van der Waals surface area contributed by atoms with Gasteiger partial charge in [-0.25, -0.2) is 4.68 Å². The van der Waals surface area contributed by atoms with Crippen molar-refractivity contribution < 1.29 is 4.79 Å². The van der Waals surface area contributed by atoms with Crippen LogP contribution in [-0.2, 0) is 12.8 Å². The molecular weight excluding hydrogens is 300 g/mol. The zero-order chi connectivity index (χ0) is 16.9. The van der Waals surface area contributed by atoms with Crippen LogP contribution in [-0.4, -0.2) is 47.8 Å². The SMILES string of the molecule is CN(C)CCCNC(=O)c1nn(-c2ccccc2)c2c1CCCC2. The van der Waals surface area contributed by atoms with Crippen LogP contribution in [0.3, 0.4) is 0 Å². The number of nitrogens with one attached hydrogen (secondary N) is 1. The molecule has 0 fully saturated rings. The number of hydrogen-bond acceptors (Lipinski definition) is 3. The topological polar surface area (TPSA) is 50.2 Å². The quantitative estimate of drug-likeness (QED) is 0.830. The molecule has 0 saturated heterocycles. The molecule has 2 aromatic rings. The van der Waals surface area contributed by atoms with E-state index in [4.69, 9.17) is 0 Å². The van der Waals surface area contributed by atoms with Gasteiger partial charge in [0, 0.05) is 17.8 Å². The minimum Gasteiger partial charge on any atom is -0.351 e. The van der Waals surface area contributed by atoms with Crippen LogP contribution in [0.1, 0.15) is 41.0 Å². The predicted molar refractivity (Wildman–Crippen MR) is 95.7 cm³/mol. The summed E-state index contributed by atoms with van der Waals surface area (Å²) in [5.74, 6) is -0.0402. The Labute approximate surface area is 143 Å². The lowest BCUT2D eigenvalue weighted by atomic mass is 9.95. The Morgan fingerprint density at radius 1 is 1.21 bits per heavy atom. The van der Waals surface area contributed by atoms with E-state index in [1.807, 2.05) is 49.1 Å². The molecule has 5 heteroatoms. The Hall–Kier alpha value is -2.14. The number of nitrogens with zero attached hydrogens (tertiary/aromatic N) is 3. The van der Waals surface area contributed by atoms with Crippen molar-refractivity contribution in [2.24, 2.45) is 0 Å². The van der Waals surface area contributed by atoms with Crippen LogP contribution in [0.2, 0.25) is 0 Å². The van der Waals surface area contributed by atoms with Gasteiger partial charge in [-0.3, -0.25) is 4.79 Å². The van der Waals surface area contributed by atoms with E-state index in [9.17, 15) is 4.79 Å². The van der Waals surface area contributed by atoms with Crippen LogP contribution in [0.25, 0.3) is 5.69 Å². The highest BCUT2D eigenvalue weighted by molar-refractivity contribution is 5.94. The first kappa shape index (κ1) is 16.7. The van der Waals surface area contributed by atoms with Crippen molar-refractivity contribution in [3.05, 3.63) is 47.3 Å². The highest BCUT2D eigenvalue weighted by Gasteiger charge is 2.25. The minimum absolute atomic E-state index is 0.0402. The molecule has 0 radical (unpaired) electrons. The van der Waals surface area contributed by atoms with Gasteiger partial charge in [-0.15, -0.1) is 0 Å². The highest BCUT2D eigenvalue weighted by Crippen LogP contribution is 2.26. The fourth-order valence-electron chi connectivity index (χ4n) is 3.25. The summed E-state index contributed by atoms with van der Waals surface area (Å²) in [4.78, 5) is 14.7. The molecule has 24 heavy (non-hydrogen) atoms. The van der Waals surface area contributed by atoms with E-state index in [1.54, 1.807) is 0 Å². The molecule has 1 aromatic heterocycles. The first-order chi connectivity index (χ1) is 11.7. The van der Waals surface area contributed by atoms with Gasteiger partial charge in [0.15, 0.2) is 5.69 Å². The van der Waals surface area contributed by atoms with Gasteiger partial charge in [-0.2, -0.15) is 5.10 Å². The van der Waals surface area contributed by atoms with Crippen molar-refractivity contribution >= 4 is 5.91 Å². The van der Waals surface area contributed by atoms with E-state index >= 15 is 0 Å². The van der Waals surface area contributed by atoms with E-state index in [0.717, 1.165) is 49.9 Å². The van der Waals surface area contributed by atoms with Crippen molar-refractivity contribution in [2.75, 3.05) is 27.2 Å². The zero-order valence-corrected chi connectivity index (χ0v) is 14.6. The molecule has 0 unspecified atom stereocenters. The minimum atomic E-state index is -0.0402. The van der Waals surface area contributed by atoms with Crippen LogP contribution in [0.4, 0.5) is 0 Å². The number of rotatable bonds is 6. The third kappa shape index (κ3) is 3.67. The van der Waals surface area contributed by atoms with E-state index in [1.165, 1.54) is 5.69 Å². The summed E-state index contributed by atoms with van der Waals surface area (Å²) >= 11 is 0. The summed E-state index contributed by atoms with van der Waals surface area (Å²) < 4.78 is 1.96. The fraction of sp³-hybridized carbons (Fsp3) is 0.474. The second-order valence-corrected chi connectivity index (χ2v) is 6.64. The second kappa shape index (κ2) is 7.62. The summed E-state index contributed by atoms with van der Waals surface area (Å²) in [6.45, 7) is 1.65. The van der Waals surface area contributed by atoms with Crippen LogP contribution < -0.4 is 5.32 Å². The average Bonchev–Trinajstić information content (AvgIpc) is 2.99. The fourth-order valence-corrected chi connectivity index (χ4v) is 3.25. The number of aromatic nitrogens is 2. The molecule has 1 amide bonds. The van der Waals surface area contributed by atoms with Crippen LogP contribution in [0.5, 0.6) is 0 Å². The Morgan fingerprint density at radius 3 is 2.71 bits per heavy atom. The maximum atomic E-state index is 12.6. The summed E-state index contributed by atoms with van der Waals surface area (Å²) in [5.41, 5.74) is 3.97. The number of amides is 1. The van der Waals surface area contributed by atoms with Gasteiger partial charge in [0.2, 0.25) is 0 Å². The first-order valence-corrected chi connectivity index (χ1v) is 8.76. The summed E-state index contributed by atoms with van der Waals surface area (Å²) in [7, 11) is 4.08. The van der Waals surface area contributed by atoms with E-state index in [0.29, 0.717) is 12.2 Å². The number of para-hydroxylation sites is 1. The van der Waals surface area contributed by atoms with Crippen molar-refractivity contribution in [1.82, 2.24) is 20.0 Å². The van der Waals surface area contributed by atoms with Gasteiger partial charge in [-0.1, -0.05) is 18.2 Å². The Balaban J connectivity index is 1.81. The third-order valence-electron chi connectivity index (χ3n) is 4.46. The predicted octanol–water partition coefficient (Wildman–Crippen LogP) is 2.43. The van der Waals surface area contributed by atoms with Crippen molar-refractivity contribution in [1.29, 1.82) is 0 Å². The molecule has 128 valence electrons. The summed E-state index contributed by atoms with van der Waals surface area (Å²) in [6.07, 6.45) is 5.18. The highest BCUT2D eigenvalue weighted by atomic mass is 16.1. The van der Waals surface area contributed by atoms with Gasteiger partial charge < -0.3 is 10.2 Å². The van der Waals surface area contributed by atoms with Crippen molar-refractivity contribution in [3.63, 3.8) is 0 Å². The lowest BCUT2D eigenvalue weighted by molar-refractivity contribution is 0.0946. The maximum Gasteiger partial charge on any atom is 0.272 e. The molecule has 1 aliphatic carbocycles. The molecule has 0 spiro atoms. The van der Waals surface area contributed by atoms with Gasteiger partial charge in [0.25, 0.3) is 5.91 Å². The van der Waals surface area contributed by atoms with Gasteiger partial charge in [-0.05, 0) is 64.9 Å². The van der Waals surface area contributed by atoms with Gasteiger partial charge >= 0.3 is 0 Å². The number of carbonyl (C=O) groups excluding carboxylic acids is 1. The number of carbonyl (C=O) groups is 1. The molecule has 1 aromatic carbocycles. The molecule has 0 aliphatic heterocycles. The molecule has 0 saturated carbocycles. The standard InChI is InChI=1S/C19H26N4O/c1-22(2)14-8-13-20-19(24)18-16-11-6-7-12-17(16)23(21-18)15-9-4-3-5-10-15/h3-5,9-10H,6-8,11-14H2,1-2H3,(H,20,24). The Bertz CT molecular complexity index is 691. The molecular formula is C19H26N4O. The third-order valence-corrected chi connectivity index (χ3v) is 4.46. The lowest BCUT2D eigenvalue weighted by Gasteiger charge is -2.14. The summed E-state index contributed by atoms with van der Waals surface area (Å²) in [5, 5.41) is 7.70.